The molecule has 0 amide bonds. The summed E-state index contributed by atoms with van der Waals surface area (Å²) in [6.45, 7) is 13.4. The van der Waals surface area contributed by atoms with Crippen molar-refractivity contribution in [1.29, 1.82) is 0 Å². The van der Waals surface area contributed by atoms with Gasteiger partial charge in [-0.05, 0) is 33.1 Å². The maximum absolute atomic E-state index is 8.70. The molecule has 0 aliphatic carbocycles. The molecule has 4 N–H and O–H groups in total. The Labute approximate surface area is 135 Å². The van der Waals surface area contributed by atoms with Crippen LogP contribution in [0.15, 0.2) is 10.3 Å². The van der Waals surface area contributed by atoms with Crippen molar-refractivity contribution in [2.45, 2.75) is 53.6 Å². The molecule has 1 radical (unpaired) electrons. The molecule has 0 unspecified atom stereocenters. The summed E-state index contributed by atoms with van der Waals surface area (Å²) in [7, 11) is 0. The van der Waals surface area contributed by atoms with Gasteiger partial charge in [0.2, 0.25) is 0 Å². The third kappa shape index (κ3) is 8.63. The quantitative estimate of drug-likeness (QED) is 0.297. The molecule has 119 valence electrons. The Hall–Kier alpha value is -0.491. The topological polar surface area (TPSA) is 89.2 Å². The molecule has 0 aromatic carbocycles. The van der Waals surface area contributed by atoms with Crippen LogP contribution in [0.2, 0.25) is 0 Å². The van der Waals surface area contributed by atoms with Gasteiger partial charge in [0.05, 0.1) is 11.4 Å². The van der Waals surface area contributed by atoms with E-state index in [1.807, 2.05) is 13.8 Å². The molecule has 0 bridgehead atoms. The van der Waals surface area contributed by atoms with Crippen molar-refractivity contribution >= 4 is 11.4 Å². The van der Waals surface area contributed by atoms with Gasteiger partial charge in [-0.15, -0.1) is 0 Å². The minimum Gasteiger partial charge on any atom is -0.411 e. The van der Waals surface area contributed by atoms with E-state index < -0.39 is 0 Å². The molecule has 2 atom stereocenters. The second-order valence-electron chi connectivity index (χ2n) is 5.85. The molecule has 0 heterocycles. The van der Waals surface area contributed by atoms with E-state index in [9.17, 15) is 0 Å². The zero-order valence-corrected chi connectivity index (χ0v) is 15.1. The summed E-state index contributed by atoms with van der Waals surface area (Å²) < 4.78 is 0. The number of nitrogens with zero attached hydrogens (tertiary/aromatic N) is 2. The van der Waals surface area contributed by atoms with Gasteiger partial charge in [0.15, 0.2) is 0 Å². The predicted molar refractivity (Wildman–Crippen MR) is 78.5 cm³/mol. The molecule has 0 aromatic rings. The van der Waals surface area contributed by atoms with Crippen molar-refractivity contribution in [1.82, 2.24) is 10.6 Å². The Morgan fingerprint density at radius 2 is 1.25 bits per heavy atom. The molecule has 0 rings (SSSR count). The first-order valence-electron chi connectivity index (χ1n) is 6.57. The summed E-state index contributed by atoms with van der Waals surface area (Å²) in [6.07, 6.45) is 0. The fourth-order valence-electron chi connectivity index (χ4n) is 1.39. The van der Waals surface area contributed by atoms with Crippen LogP contribution >= 0.6 is 0 Å². The number of nitrogens with one attached hydrogen (secondary N) is 2. The zero-order valence-electron chi connectivity index (χ0n) is 13.2. The van der Waals surface area contributed by atoms with Crippen molar-refractivity contribution in [3.63, 3.8) is 0 Å². The van der Waals surface area contributed by atoms with Gasteiger partial charge in [-0.1, -0.05) is 24.2 Å². The fraction of sp³-hybridized carbons (Fsp3) is 0.846. The second-order valence-corrected chi connectivity index (χ2v) is 5.85. The number of hydrogen-bond acceptors (Lipinski definition) is 6. The van der Waals surface area contributed by atoms with Crippen molar-refractivity contribution < 1.29 is 30.5 Å². The van der Waals surface area contributed by atoms with Crippen LogP contribution < -0.4 is 10.6 Å². The molecule has 0 spiro atoms. The van der Waals surface area contributed by atoms with Gasteiger partial charge in [0, 0.05) is 45.3 Å². The van der Waals surface area contributed by atoms with E-state index in [4.69, 9.17) is 10.4 Å². The summed E-state index contributed by atoms with van der Waals surface area (Å²) in [5.74, 6) is 0. The van der Waals surface area contributed by atoms with E-state index in [2.05, 4.69) is 34.8 Å². The Morgan fingerprint density at radius 1 is 0.950 bits per heavy atom. The molecule has 20 heavy (non-hydrogen) atoms. The van der Waals surface area contributed by atoms with E-state index in [1.54, 1.807) is 13.8 Å². The SMILES string of the molecule is C/C(=N\O)[C@@H](C)NCC(C)(C)CN[C@H](C)/C(C)=N/O.[Tc]. The summed E-state index contributed by atoms with van der Waals surface area (Å²) in [5, 5.41) is 30.4. The molecule has 0 aromatic heterocycles. The summed E-state index contributed by atoms with van der Waals surface area (Å²) in [4.78, 5) is 0. The molecule has 0 fully saturated rings. The molecule has 0 aliphatic heterocycles. The van der Waals surface area contributed by atoms with E-state index in [1.165, 1.54) is 0 Å². The number of rotatable bonds is 8. The zero-order chi connectivity index (χ0) is 15.1. The predicted octanol–water partition coefficient (Wildman–Crippen LogP) is 1.67. The summed E-state index contributed by atoms with van der Waals surface area (Å²) in [6, 6.07) is 0.0878. The minimum absolute atomic E-state index is 0. The van der Waals surface area contributed by atoms with Gasteiger partial charge in [0.1, 0.15) is 0 Å². The van der Waals surface area contributed by atoms with E-state index in [0.29, 0.717) is 11.4 Å². The van der Waals surface area contributed by atoms with Crippen molar-refractivity contribution in [3.8, 4) is 0 Å². The van der Waals surface area contributed by atoms with Crippen LogP contribution in [0.4, 0.5) is 0 Å². The molecule has 7 heteroatoms. The molecular formula is C13H28N4O2Tc. The van der Waals surface area contributed by atoms with Crippen LogP contribution in [0.3, 0.4) is 0 Å². The van der Waals surface area contributed by atoms with Crippen LogP contribution in [-0.4, -0.2) is 47.0 Å². The molecule has 0 aliphatic rings. The Morgan fingerprint density at radius 3 is 1.50 bits per heavy atom. The molecule has 0 saturated heterocycles. The van der Waals surface area contributed by atoms with Gasteiger partial charge >= 0.3 is 0 Å². The normalized spacial score (nSPS) is 16.5. The molecule has 6 nitrogen and oxygen atoms in total. The maximum Gasteiger partial charge on any atom is 0.0706 e. The minimum atomic E-state index is 0. The Kier molecular flexibility index (Phi) is 11.2. The standard InChI is InChI=1S/C13H28N4O2.Tc/c1-9(11(3)16-18)14-7-13(5,6)8-15-10(2)12(4)17-19;/h9-10,14-15,18-19H,7-8H2,1-6H3;/b16-11+,17-12+;/t9-,10-;/m1./s1. The third-order valence-electron chi connectivity index (χ3n) is 3.34. The first-order chi connectivity index (χ1) is 8.73. The van der Waals surface area contributed by atoms with Crippen LogP contribution in [0.5, 0.6) is 0 Å². The van der Waals surface area contributed by atoms with Gasteiger partial charge in [0.25, 0.3) is 0 Å². The van der Waals surface area contributed by atoms with Crippen molar-refractivity contribution in [3.05, 3.63) is 0 Å². The maximum atomic E-state index is 8.70. The molecular weight excluding hydrogens is 342 g/mol. The summed E-state index contributed by atoms with van der Waals surface area (Å²) >= 11 is 0. The van der Waals surface area contributed by atoms with E-state index in [0.717, 1.165) is 13.1 Å². The average Bonchev–Trinajstić information content (AvgIpc) is 2.40. The fourth-order valence-corrected chi connectivity index (χ4v) is 1.39. The first kappa shape index (κ1) is 21.8. The van der Waals surface area contributed by atoms with Gasteiger partial charge < -0.3 is 21.0 Å². The molecule has 0 saturated carbocycles. The van der Waals surface area contributed by atoms with Gasteiger partial charge in [-0.3, -0.25) is 0 Å². The Balaban J connectivity index is 0. The number of hydrogen-bond donors (Lipinski definition) is 4. The van der Waals surface area contributed by atoms with Crippen LogP contribution in [0.25, 0.3) is 0 Å². The van der Waals surface area contributed by atoms with Crippen LogP contribution in [-0.2, 0) is 20.1 Å². The van der Waals surface area contributed by atoms with Crippen LogP contribution in [0.1, 0.15) is 41.5 Å². The van der Waals surface area contributed by atoms with Crippen molar-refractivity contribution in [2.75, 3.05) is 13.1 Å². The van der Waals surface area contributed by atoms with Crippen molar-refractivity contribution in [2.24, 2.45) is 15.7 Å². The Bertz CT molecular complexity index is 302. The average molecular weight is 370 g/mol. The monoisotopic (exact) mass is 369 g/mol. The van der Waals surface area contributed by atoms with E-state index >= 15 is 0 Å². The summed E-state index contributed by atoms with van der Waals surface area (Å²) in [5.41, 5.74) is 1.37. The third-order valence-corrected chi connectivity index (χ3v) is 3.34. The van der Waals surface area contributed by atoms with Gasteiger partial charge in [-0.25, -0.2) is 0 Å². The number of oxime groups is 2. The van der Waals surface area contributed by atoms with E-state index in [-0.39, 0.29) is 37.6 Å². The smallest absolute Gasteiger partial charge is 0.0706 e. The first-order valence-corrected chi connectivity index (χ1v) is 6.57. The second kappa shape index (κ2) is 10.3. The largest absolute Gasteiger partial charge is 0.411 e. The van der Waals surface area contributed by atoms with Gasteiger partial charge in [-0.2, -0.15) is 0 Å². The van der Waals surface area contributed by atoms with Crippen LogP contribution in [0, 0.1) is 5.41 Å².